The molecule has 0 radical (unpaired) electrons. The predicted octanol–water partition coefficient (Wildman–Crippen LogP) is 4.80. The van der Waals surface area contributed by atoms with Crippen molar-refractivity contribution in [3.63, 3.8) is 0 Å². The lowest BCUT2D eigenvalue weighted by molar-refractivity contribution is 0.101. The molecule has 2 N–H and O–H groups in total. The molecule has 0 saturated heterocycles. The Bertz CT molecular complexity index is 907. The number of hydrogen-bond acceptors (Lipinski definition) is 4. The van der Waals surface area contributed by atoms with E-state index in [1.165, 1.54) is 18.3 Å². The Labute approximate surface area is 141 Å². The average Bonchev–Trinajstić information content (AvgIpc) is 2.91. The van der Waals surface area contributed by atoms with Gasteiger partial charge in [-0.15, -0.1) is 0 Å². The minimum Gasteiger partial charge on any atom is -0.308 e. The monoisotopic (exact) mass is 345 g/mol. The van der Waals surface area contributed by atoms with Crippen LogP contribution in [0.3, 0.4) is 0 Å². The number of benzene rings is 2. The number of ketones is 1. The van der Waals surface area contributed by atoms with Crippen LogP contribution in [0.1, 0.15) is 17.3 Å². The first-order chi connectivity index (χ1) is 11.0. The van der Waals surface area contributed by atoms with Gasteiger partial charge >= 0.3 is 6.03 Å². The van der Waals surface area contributed by atoms with Gasteiger partial charge in [0.25, 0.3) is 0 Å². The molecule has 0 aliphatic heterocycles. The molecular formula is C16H12ClN3O2S. The first-order valence-electron chi connectivity index (χ1n) is 6.77. The summed E-state index contributed by atoms with van der Waals surface area (Å²) in [4.78, 5) is 27.7. The average molecular weight is 346 g/mol. The number of fused-ring (bicyclic) bond motifs is 1. The number of nitrogens with one attached hydrogen (secondary N) is 2. The number of halogens is 1. The highest BCUT2D eigenvalue weighted by Crippen LogP contribution is 2.30. The molecule has 2 amide bonds. The van der Waals surface area contributed by atoms with E-state index in [0.29, 0.717) is 26.9 Å². The molecule has 1 aromatic heterocycles. The molecular weight excluding hydrogens is 334 g/mol. The lowest BCUT2D eigenvalue weighted by atomic mass is 10.1. The van der Waals surface area contributed by atoms with Crippen LogP contribution in [0.2, 0.25) is 5.02 Å². The Hall–Kier alpha value is -2.44. The molecule has 5 nitrogen and oxygen atoms in total. The van der Waals surface area contributed by atoms with Crippen LogP contribution in [0.4, 0.5) is 15.6 Å². The largest absolute Gasteiger partial charge is 0.325 e. The number of urea groups is 1. The summed E-state index contributed by atoms with van der Waals surface area (Å²) in [6.07, 6.45) is 0. The number of anilines is 2. The number of rotatable bonds is 3. The number of carbonyl (C=O) groups is 2. The molecule has 0 fully saturated rings. The molecule has 0 aliphatic carbocycles. The van der Waals surface area contributed by atoms with Crippen LogP contribution in [0.5, 0.6) is 0 Å². The van der Waals surface area contributed by atoms with Gasteiger partial charge in [0.1, 0.15) is 5.52 Å². The molecule has 0 unspecified atom stereocenters. The third kappa shape index (κ3) is 3.49. The van der Waals surface area contributed by atoms with Crippen molar-refractivity contribution in [2.24, 2.45) is 0 Å². The first-order valence-corrected chi connectivity index (χ1v) is 7.96. The van der Waals surface area contributed by atoms with Gasteiger partial charge in [-0.2, -0.15) is 0 Å². The van der Waals surface area contributed by atoms with Gasteiger partial charge in [0.15, 0.2) is 10.9 Å². The van der Waals surface area contributed by atoms with E-state index in [0.717, 1.165) is 4.70 Å². The Morgan fingerprint density at radius 3 is 2.65 bits per heavy atom. The summed E-state index contributed by atoms with van der Waals surface area (Å²) in [5, 5.41) is 6.34. The zero-order valence-electron chi connectivity index (χ0n) is 12.1. The van der Waals surface area contributed by atoms with Crippen molar-refractivity contribution in [3.8, 4) is 0 Å². The van der Waals surface area contributed by atoms with Crippen LogP contribution in [-0.4, -0.2) is 16.8 Å². The van der Waals surface area contributed by atoms with Crippen molar-refractivity contribution in [2.45, 2.75) is 6.92 Å². The number of aromatic nitrogens is 1. The quantitative estimate of drug-likeness (QED) is 0.670. The number of nitrogens with zero attached hydrogens (tertiary/aromatic N) is 1. The summed E-state index contributed by atoms with van der Waals surface area (Å²) in [5.41, 5.74) is 1.73. The second kappa shape index (κ2) is 6.36. The third-order valence-electron chi connectivity index (χ3n) is 3.12. The molecule has 0 atom stereocenters. The SMILES string of the molecule is CC(=O)c1cccc(NC(=O)Nc2nc3c(Cl)cccc3s2)c1. The summed E-state index contributed by atoms with van der Waals surface area (Å²) >= 11 is 7.40. The lowest BCUT2D eigenvalue weighted by Crippen LogP contribution is -2.19. The Kier molecular flexibility index (Phi) is 4.27. The number of hydrogen-bond donors (Lipinski definition) is 2. The second-order valence-corrected chi connectivity index (χ2v) is 6.26. The van der Waals surface area contributed by atoms with Crippen LogP contribution in [0.25, 0.3) is 10.2 Å². The van der Waals surface area contributed by atoms with E-state index in [4.69, 9.17) is 11.6 Å². The fourth-order valence-electron chi connectivity index (χ4n) is 2.04. The van der Waals surface area contributed by atoms with Crippen LogP contribution in [0, 0.1) is 0 Å². The third-order valence-corrected chi connectivity index (χ3v) is 4.36. The van der Waals surface area contributed by atoms with Crippen LogP contribution in [-0.2, 0) is 0 Å². The van der Waals surface area contributed by atoms with Gasteiger partial charge in [-0.25, -0.2) is 9.78 Å². The molecule has 1 heterocycles. The van der Waals surface area contributed by atoms with E-state index in [1.807, 2.05) is 12.1 Å². The van der Waals surface area contributed by atoms with Crippen LogP contribution in [0.15, 0.2) is 42.5 Å². The van der Waals surface area contributed by atoms with Crippen molar-refractivity contribution in [2.75, 3.05) is 10.6 Å². The second-order valence-electron chi connectivity index (χ2n) is 4.82. The minimum absolute atomic E-state index is 0.0603. The number of para-hydroxylation sites is 1. The van der Waals surface area contributed by atoms with E-state index in [2.05, 4.69) is 15.6 Å². The smallest absolute Gasteiger partial charge is 0.308 e. The van der Waals surface area contributed by atoms with Crippen molar-refractivity contribution in [1.82, 2.24) is 4.98 Å². The van der Waals surface area contributed by atoms with Gasteiger partial charge in [-0.1, -0.05) is 41.1 Å². The predicted molar refractivity (Wildman–Crippen MR) is 93.7 cm³/mol. The Balaban J connectivity index is 1.74. The number of thiazole rings is 1. The molecule has 7 heteroatoms. The summed E-state index contributed by atoms with van der Waals surface area (Å²) in [6.45, 7) is 1.48. The lowest BCUT2D eigenvalue weighted by Gasteiger charge is -2.06. The van der Waals surface area contributed by atoms with Gasteiger partial charge in [0.2, 0.25) is 0 Å². The molecule has 2 aromatic carbocycles. The van der Waals surface area contributed by atoms with Gasteiger partial charge in [-0.05, 0) is 31.2 Å². The van der Waals surface area contributed by atoms with Gasteiger partial charge in [0.05, 0.1) is 9.72 Å². The molecule has 0 spiro atoms. The van der Waals surface area contributed by atoms with Gasteiger partial charge in [-0.3, -0.25) is 10.1 Å². The number of amides is 2. The van der Waals surface area contributed by atoms with Crippen LogP contribution >= 0.6 is 22.9 Å². The highest BCUT2D eigenvalue weighted by molar-refractivity contribution is 7.22. The van der Waals surface area contributed by atoms with E-state index >= 15 is 0 Å². The molecule has 0 aliphatic rings. The highest BCUT2D eigenvalue weighted by atomic mass is 35.5. The topological polar surface area (TPSA) is 71.1 Å². The molecule has 23 heavy (non-hydrogen) atoms. The van der Waals surface area contributed by atoms with E-state index in [9.17, 15) is 9.59 Å². The summed E-state index contributed by atoms with van der Waals surface area (Å²) in [6, 6.07) is 11.8. The maximum absolute atomic E-state index is 12.1. The maximum Gasteiger partial charge on any atom is 0.325 e. The normalized spacial score (nSPS) is 10.5. The molecule has 3 rings (SSSR count). The van der Waals surface area contributed by atoms with Crippen molar-refractivity contribution < 1.29 is 9.59 Å². The number of carbonyl (C=O) groups excluding carboxylic acids is 2. The molecule has 0 bridgehead atoms. The molecule has 0 saturated carbocycles. The molecule has 3 aromatic rings. The Morgan fingerprint density at radius 1 is 1.13 bits per heavy atom. The van der Waals surface area contributed by atoms with Crippen LogP contribution < -0.4 is 10.6 Å². The molecule has 116 valence electrons. The van der Waals surface area contributed by atoms with Crippen molar-refractivity contribution >= 4 is 55.8 Å². The summed E-state index contributed by atoms with van der Waals surface area (Å²) in [5.74, 6) is -0.0603. The summed E-state index contributed by atoms with van der Waals surface area (Å²) in [7, 11) is 0. The zero-order valence-corrected chi connectivity index (χ0v) is 13.7. The van der Waals surface area contributed by atoms with Gasteiger partial charge in [0, 0.05) is 11.3 Å². The highest BCUT2D eigenvalue weighted by Gasteiger charge is 2.10. The van der Waals surface area contributed by atoms with Crippen molar-refractivity contribution in [1.29, 1.82) is 0 Å². The fourth-order valence-corrected chi connectivity index (χ4v) is 3.20. The summed E-state index contributed by atoms with van der Waals surface area (Å²) < 4.78 is 0.895. The fraction of sp³-hybridized carbons (Fsp3) is 0.0625. The zero-order chi connectivity index (χ0) is 16.4. The maximum atomic E-state index is 12.1. The standard InChI is InChI=1S/C16H12ClN3O2S/c1-9(21)10-4-2-5-11(8-10)18-15(22)20-16-19-14-12(17)6-3-7-13(14)23-16/h2-8H,1H3,(H2,18,19,20,22). The first kappa shape index (κ1) is 15.5. The number of Topliss-reactive ketones (excluding diaryl/α,β-unsaturated/α-hetero) is 1. The van der Waals surface area contributed by atoms with Crippen molar-refractivity contribution in [3.05, 3.63) is 53.1 Å². The minimum atomic E-state index is -0.430. The Morgan fingerprint density at radius 2 is 1.91 bits per heavy atom. The van der Waals surface area contributed by atoms with Gasteiger partial charge < -0.3 is 5.32 Å². The van der Waals surface area contributed by atoms with E-state index < -0.39 is 6.03 Å². The van der Waals surface area contributed by atoms with E-state index in [1.54, 1.807) is 30.3 Å². The van der Waals surface area contributed by atoms with E-state index in [-0.39, 0.29) is 5.78 Å².